The molecule has 9 heteroatoms. The summed E-state index contributed by atoms with van der Waals surface area (Å²) in [7, 11) is -1.10. The van der Waals surface area contributed by atoms with E-state index in [4.69, 9.17) is 0 Å². The normalized spacial score (nSPS) is 11.5. The Hall–Kier alpha value is -2.91. The number of hydrogen-bond acceptors (Lipinski definition) is 4. The van der Waals surface area contributed by atoms with Crippen LogP contribution < -0.4 is 14.9 Å². The Morgan fingerprint density at radius 3 is 2.31 bits per heavy atom. The molecule has 0 unspecified atom stereocenters. The van der Waals surface area contributed by atoms with Gasteiger partial charge in [0, 0.05) is 20.6 Å². The molecule has 0 radical (unpaired) electrons. The van der Waals surface area contributed by atoms with Gasteiger partial charge in [-0.15, -0.1) is 0 Å². The van der Waals surface area contributed by atoms with Gasteiger partial charge < -0.3 is 10.6 Å². The smallest absolute Gasteiger partial charge is 0.304 e. The van der Waals surface area contributed by atoms with Crippen LogP contribution in [0.5, 0.6) is 0 Å². The highest BCUT2D eigenvalue weighted by Crippen LogP contribution is 2.25. The van der Waals surface area contributed by atoms with Gasteiger partial charge in [0.2, 0.25) is 5.91 Å². The molecule has 0 aliphatic rings. The maximum atomic E-state index is 13.0. The van der Waals surface area contributed by atoms with Crippen molar-refractivity contribution in [3.05, 3.63) is 59.2 Å². The van der Waals surface area contributed by atoms with Crippen molar-refractivity contribution >= 4 is 33.4 Å². The lowest BCUT2D eigenvalue weighted by Gasteiger charge is -2.28. The molecular weight excluding hydrogens is 428 g/mol. The second-order valence-electron chi connectivity index (χ2n) is 8.28. The highest BCUT2D eigenvalue weighted by atomic mass is 32.2. The lowest BCUT2D eigenvalue weighted by atomic mass is 10.1. The topological polar surface area (TPSA) is 98.8 Å². The van der Waals surface area contributed by atoms with Crippen LogP contribution in [0.4, 0.5) is 11.4 Å². The van der Waals surface area contributed by atoms with Crippen molar-refractivity contribution in [1.82, 2.24) is 9.62 Å². The summed E-state index contributed by atoms with van der Waals surface area (Å²) in [6.07, 6.45) is 0. The number of aryl methyl sites for hydroxylation is 2. The minimum absolute atomic E-state index is 0.281. The van der Waals surface area contributed by atoms with Crippen LogP contribution in [-0.4, -0.2) is 51.7 Å². The van der Waals surface area contributed by atoms with Gasteiger partial charge in [0.25, 0.3) is 5.91 Å². The van der Waals surface area contributed by atoms with E-state index in [0.717, 1.165) is 19.7 Å². The summed E-state index contributed by atoms with van der Waals surface area (Å²) in [5.74, 6) is -0.578. The maximum Gasteiger partial charge on any atom is 0.304 e. The van der Waals surface area contributed by atoms with E-state index in [-0.39, 0.29) is 11.8 Å². The highest BCUT2D eigenvalue weighted by molar-refractivity contribution is 7.90. The minimum atomic E-state index is -3.94. The van der Waals surface area contributed by atoms with Gasteiger partial charge in [-0.1, -0.05) is 38.1 Å². The zero-order chi connectivity index (χ0) is 24.1. The first-order chi connectivity index (χ1) is 14.9. The Morgan fingerprint density at radius 1 is 1.03 bits per heavy atom. The van der Waals surface area contributed by atoms with E-state index in [1.165, 1.54) is 14.1 Å². The van der Waals surface area contributed by atoms with Crippen LogP contribution >= 0.6 is 0 Å². The van der Waals surface area contributed by atoms with Crippen molar-refractivity contribution in [3.8, 4) is 0 Å². The van der Waals surface area contributed by atoms with E-state index < -0.39 is 22.7 Å². The molecule has 2 amide bonds. The molecule has 2 N–H and O–H groups in total. The average molecular weight is 461 g/mol. The lowest BCUT2D eigenvalue weighted by molar-refractivity contribution is -0.114. The van der Waals surface area contributed by atoms with Crippen LogP contribution in [0.1, 0.15) is 35.3 Å². The van der Waals surface area contributed by atoms with Gasteiger partial charge in [-0.3, -0.25) is 9.59 Å². The lowest BCUT2D eigenvalue weighted by Crippen LogP contribution is -2.44. The molecule has 2 rings (SSSR count). The fourth-order valence-electron chi connectivity index (χ4n) is 2.98. The molecule has 2 aromatic carbocycles. The van der Waals surface area contributed by atoms with Crippen LogP contribution in [0, 0.1) is 19.8 Å². The van der Waals surface area contributed by atoms with Crippen molar-refractivity contribution in [1.29, 1.82) is 0 Å². The predicted molar refractivity (Wildman–Crippen MR) is 128 cm³/mol. The third-order valence-electron chi connectivity index (χ3n) is 4.78. The maximum absolute atomic E-state index is 13.0. The highest BCUT2D eigenvalue weighted by Gasteiger charge is 2.29. The molecular formula is C23H32N4O4S. The van der Waals surface area contributed by atoms with E-state index >= 15 is 0 Å². The summed E-state index contributed by atoms with van der Waals surface area (Å²) in [5.41, 5.74) is 2.66. The predicted octanol–water partition coefficient (Wildman–Crippen LogP) is 2.94. The first-order valence-corrected chi connectivity index (χ1v) is 11.8. The number of amides is 2. The molecule has 0 saturated carbocycles. The first-order valence-electron chi connectivity index (χ1n) is 10.4. The van der Waals surface area contributed by atoms with Crippen molar-refractivity contribution in [2.45, 2.75) is 27.7 Å². The summed E-state index contributed by atoms with van der Waals surface area (Å²) in [5, 5.41) is 5.53. The second kappa shape index (κ2) is 10.6. The third-order valence-corrected chi connectivity index (χ3v) is 6.58. The summed E-state index contributed by atoms with van der Waals surface area (Å²) >= 11 is 0. The summed E-state index contributed by atoms with van der Waals surface area (Å²) in [6, 6.07) is 12.1. The Balaban J connectivity index is 2.33. The quantitative estimate of drug-likeness (QED) is 0.601. The molecule has 8 nitrogen and oxygen atoms in total. The molecule has 0 spiro atoms. The molecule has 0 aliphatic carbocycles. The number of rotatable bonds is 9. The van der Waals surface area contributed by atoms with Gasteiger partial charge in [-0.05, 0) is 49.1 Å². The number of carbonyl (C=O) groups is 2. The average Bonchev–Trinajstić information content (AvgIpc) is 2.72. The molecule has 2 aromatic rings. The van der Waals surface area contributed by atoms with E-state index in [1.807, 2.05) is 32.9 Å². The standard InChI is InChI=1S/C23H32N4O4S/c1-16(2)14-24-23(29)19-9-7-8-10-20(19)25-22(28)15-27(32(30,31)26(5)6)21-13-17(3)11-12-18(21)4/h7-13,16H,14-15H2,1-6H3,(H,24,29)(H,25,28). The summed E-state index contributed by atoms with van der Waals surface area (Å²) in [4.78, 5) is 25.5. The first kappa shape index (κ1) is 25.4. The Kier molecular flexibility index (Phi) is 8.40. The van der Waals surface area contributed by atoms with Gasteiger partial charge in [0.15, 0.2) is 0 Å². The molecule has 0 aromatic heterocycles. The van der Waals surface area contributed by atoms with Gasteiger partial charge in [-0.25, -0.2) is 4.31 Å². The molecule has 0 atom stereocenters. The minimum Gasteiger partial charge on any atom is -0.352 e. The third kappa shape index (κ3) is 6.30. The SMILES string of the molecule is Cc1ccc(C)c(N(CC(=O)Nc2ccccc2C(=O)NCC(C)C)S(=O)(=O)N(C)C)c1. The van der Waals surface area contributed by atoms with Crippen LogP contribution in [0.3, 0.4) is 0 Å². The van der Waals surface area contributed by atoms with Gasteiger partial charge in [0.1, 0.15) is 6.54 Å². The monoisotopic (exact) mass is 460 g/mol. The zero-order valence-electron chi connectivity index (χ0n) is 19.5. The van der Waals surface area contributed by atoms with Crippen LogP contribution in [0.2, 0.25) is 0 Å². The van der Waals surface area contributed by atoms with Crippen LogP contribution in [0.25, 0.3) is 0 Å². The van der Waals surface area contributed by atoms with E-state index in [1.54, 1.807) is 37.3 Å². The number of nitrogens with one attached hydrogen (secondary N) is 2. The number of hydrogen-bond donors (Lipinski definition) is 2. The van der Waals surface area contributed by atoms with Gasteiger partial charge in [0.05, 0.1) is 16.9 Å². The number of anilines is 2. The zero-order valence-corrected chi connectivity index (χ0v) is 20.3. The number of para-hydroxylation sites is 1. The molecule has 0 aliphatic heterocycles. The number of carbonyl (C=O) groups excluding carboxylic acids is 2. The van der Waals surface area contributed by atoms with E-state index in [9.17, 15) is 18.0 Å². The fourth-order valence-corrected chi connectivity index (χ4v) is 4.10. The molecule has 0 fully saturated rings. The molecule has 0 saturated heterocycles. The van der Waals surface area contributed by atoms with Gasteiger partial charge in [-0.2, -0.15) is 12.7 Å². The number of nitrogens with zero attached hydrogens (tertiary/aromatic N) is 2. The Bertz CT molecular complexity index is 1080. The summed E-state index contributed by atoms with van der Waals surface area (Å²) in [6.45, 7) is 7.69. The second-order valence-corrected chi connectivity index (χ2v) is 10.4. The molecule has 174 valence electrons. The van der Waals surface area contributed by atoms with Crippen molar-refractivity contribution in [2.75, 3.05) is 36.8 Å². The van der Waals surface area contributed by atoms with Crippen molar-refractivity contribution < 1.29 is 18.0 Å². The van der Waals surface area contributed by atoms with Crippen LogP contribution in [-0.2, 0) is 15.0 Å². The molecule has 0 bridgehead atoms. The Labute approximate surface area is 190 Å². The number of benzene rings is 2. The fraction of sp³-hybridized carbons (Fsp3) is 0.391. The van der Waals surface area contributed by atoms with E-state index in [0.29, 0.717) is 23.5 Å². The van der Waals surface area contributed by atoms with Gasteiger partial charge >= 0.3 is 10.2 Å². The Morgan fingerprint density at radius 2 is 1.69 bits per heavy atom. The van der Waals surface area contributed by atoms with Crippen molar-refractivity contribution in [3.63, 3.8) is 0 Å². The largest absolute Gasteiger partial charge is 0.352 e. The summed E-state index contributed by atoms with van der Waals surface area (Å²) < 4.78 is 28.2. The van der Waals surface area contributed by atoms with Crippen molar-refractivity contribution in [2.24, 2.45) is 5.92 Å². The van der Waals surface area contributed by atoms with Crippen LogP contribution in [0.15, 0.2) is 42.5 Å². The molecule has 32 heavy (non-hydrogen) atoms. The van der Waals surface area contributed by atoms with E-state index in [2.05, 4.69) is 10.6 Å². The molecule has 0 heterocycles.